The van der Waals surface area contributed by atoms with Crippen LogP contribution < -0.4 is 4.74 Å². The molecule has 0 atom stereocenters. The summed E-state index contributed by atoms with van der Waals surface area (Å²) in [5, 5.41) is 0. The molecule has 0 fully saturated rings. The van der Waals surface area contributed by atoms with E-state index in [2.05, 4.69) is 48.9 Å². The number of benzene rings is 2. The zero-order chi connectivity index (χ0) is 15.4. The second-order valence-electron chi connectivity index (χ2n) is 5.26. The molecule has 0 heterocycles. The van der Waals surface area contributed by atoms with Crippen molar-refractivity contribution in [1.82, 2.24) is 4.90 Å². The molecule has 4 heteroatoms. The number of aryl methyl sites for hydroxylation is 1. The van der Waals surface area contributed by atoms with E-state index >= 15 is 0 Å². The molecule has 0 aromatic heterocycles. The smallest absolute Gasteiger partial charge is 0.132 e. The average molecular weight is 319 g/mol. The van der Waals surface area contributed by atoms with Gasteiger partial charge < -0.3 is 9.64 Å². The van der Waals surface area contributed by atoms with Gasteiger partial charge in [0.1, 0.15) is 11.5 Å². The van der Waals surface area contributed by atoms with E-state index in [4.69, 9.17) is 4.74 Å². The van der Waals surface area contributed by atoms with Crippen LogP contribution in [0.15, 0.2) is 46.2 Å². The third-order valence-corrected chi connectivity index (χ3v) is 4.30. The topological polar surface area (TPSA) is 12.5 Å². The van der Waals surface area contributed by atoms with E-state index in [0.29, 0.717) is 0 Å². The Morgan fingerprint density at radius 3 is 2.52 bits per heavy atom. The van der Waals surface area contributed by atoms with Gasteiger partial charge in [-0.3, -0.25) is 0 Å². The summed E-state index contributed by atoms with van der Waals surface area (Å²) in [6, 6.07) is 12.2. The highest BCUT2D eigenvalue weighted by molar-refractivity contribution is 7.98. The quantitative estimate of drug-likeness (QED) is 0.624. The van der Waals surface area contributed by atoms with E-state index in [1.165, 1.54) is 10.5 Å². The molecule has 0 spiro atoms. The first-order chi connectivity index (χ1) is 9.99. The molecule has 0 radical (unpaired) electrons. The first-order valence-corrected chi connectivity index (χ1v) is 8.46. The van der Waals surface area contributed by atoms with E-state index in [9.17, 15) is 0 Å². The van der Waals surface area contributed by atoms with Gasteiger partial charge in [-0.1, -0.05) is 0 Å². The van der Waals surface area contributed by atoms with Crippen LogP contribution >= 0.6 is 24.4 Å². The summed E-state index contributed by atoms with van der Waals surface area (Å²) < 4.78 is 6.08. The fourth-order valence-corrected chi connectivity index (χ4v) is 2.99. The van der Waals surface area contributed by atoms with Gasteiger partial charge in [0, 0.05) is 21.9 Å². The van der Waals surface area contributed by atoms with Crippen molar-refractivity contribution >= 4 is 24.4 Å². The van der Waals surface area contributed by atoms with Crippen molar-refractivity contribution in [3.8, 4) is 11.5 Å². The second kappa shape index (κ2) is 7.25. The van der Waals surface area contributed by atoms with Crippen molar-refractivity contribution in [2.24, 2.45) is 0 Å². The highest BCUT2D eigenvalue weighted by Crippen LogP contribution is 2.31. The Balaban J connectivity index is 2.28. The molecule has 112 valence electrons. The molecule has 0 bridgehead atoms. The minimum absolute atomic E-state index is 0.825. The van der Waals surface area contributed by atoms with Crippen LogP contribution in [-0.2, 0) is 6.54 Å². The van der Waals surface area contributed by atoms with Crippen molar-refractivity contribution < 1.29 is 4.74 Å². The number of hydrogen-bond donors (Lipinski definition) is 1. The van der Waals surface area contributed by atoms with Crippen LogP contribution in [0.25, 0.3) is 0 Å². The van der Waals surface area contributed by atoms with Gasteiger partial charge in [0.15, 0.2) is 0 Å². The number of hydrogen-bond acceptors (Lipinski definition) is 4. The van der Waals surface area contributed by atoms with Crippen molar-refractivity contribution in [2.75, 3.05) is 20.4 Å². The first kappa shape index (κ1) is 16.3. The van der Waals surface area contributed by atoms with Gasteiger partial charge in [-0.25, -0.2) is 0 Å². The summed E-state index contributed by atoms with van der Waals surface area (Å²) in [5.41, 5.74) is 2.37. The molecule has 2 aromatic rings. The van der Waals surface area contributed by atoms with Crippen LogP contribution in [0.5, 0.6) is 11.5 Å². The molecule has 2 aromatic carbocycles. The molecule has 0 aliphatic carbocycles. The van der Waals surface area contributed by atoms with Gasteiger partial charge in [-0.2, -0.15) is 0 Å². The summed E-state index contributed by atoms with van der Waals surface area (Å²) in [6.45, 7) is 2.93. The number of nitrogens with zero attached hydrogens (tertiary/aromatic N) is 1. The molecule has 2 rings (SSSR count). The fourth-order valence-electron chi connectivity index (χ4n) is 2.17. The van der Waals surface area contributed by atoms with Crippen LogP contribution in [-0.4, -0.2) is 25.3 Å². The molecule has 0 unspecified atom stereocenters. The van der Waals surface area contributed by atoms with Crippen molar-refractivity contribution in [3.63, 3.8) is 0 Å². The molecular formula is C17H21NOS2. The molecule has 0 aliphatic heterocycles. The fraction of sp³-hybridized carbons (Fsp3) is 0.294. The predicted octanol–water partition coefficient (Wildman–Crippen LogP) is 4.86. The third-order valence-electron chi connectivity index (χ3n) is 3.12. The number of rotatable bonds is 5. The average Bonchev–Trinajstić information content (AvgIpc) is 2.41. The Morgan fingerprint density at radius 2 is 1.90 bits per heavy atom. The summed E-state index contributed by atoms with van der Waals surface area (Å²) in [5.74, 6) is 1.76. The van der Waals surface area contributed by atoms with Gasteiger partial charge in [0.2, 0.25) is 0 Å². The first-order valence-electron chi connectivity index (χ1n) is 6.78. The lowest BCUT2D eigenvalue weighted by Gasteiger charge is -2.16. The maximum atomic E-state index is 6.08. The highest BCUT2D eigenvalue weighted by Gasteiger charge is 2.08. The Labute approximate surface area is 136 Å². The molecule has 0 amide bonds. The highest BCUT2D eigenvalue weighted by atomic mass is 32.2. The molecule has 21 heavy (non-hydrogen) atoms. The Hall–Kier alpha value is -1.10. The zero-order valence-electron chi connectivity index (χ0n) is 12.9. The van der Waals surface area contributed by atoms with E-state index in [1.807, 2.05) is 32.3 Å². The van der Waals surface area contributed by atoms with Crippen molar-refractivity contribution in [2.45, 2.75) is 23.3 Å². The second-order valence-corrected chi connectivity index (χ2v) is 6.63. The van der Waals surface area contributed by atoms with E-state index in [-0.39, 0.29) is 0 Å². The van der Waals surface area contributed by atoms with Crippen LogP contribution in [0.2, 0.25) is 0 Å². The lowest BCUT2D eigenvalue weighted by Crippen LogP contribution is -2.11. The monoisotopic (exact) mass is 319 g/mol. The molecular weight excluding hydrogens is 298 g/mol. The Morgan fingerprint density at radius 1 is 1.14 bits per heavy atom. The molecule has 0 saturated heterocycles. The molecule has 0 aliphatic rings. The van der Waals surface area contributed by atoms with E-state index in [1.54, 1.807) is 11.8 Å². The van der Waals surface area contributed by atoms with Gasteiger partial charge >= 0.3 is 0 Å². The van der Waals surface area contributed by atoms with Gasteiger partial charge in [-0.05, 0) is 69.2 Å². The summed E-state index contributed by atoms with van der Waals surface area (Å²) in [4.78, 5) is 4.35. The third kappa shape index (κ3) is 4.43. The van der Waals surface area contributed by atoms with Gasteiger partial charge in [0.05, 0.1) is 0 Å². The van der Waals surface area contributed by atoms with E-state index in [0.717, 1.165) is 28.5 Å². The maximum Gasteiger partial charge on any atom is 0.132 e. The lowest BCUT2D eigenvalue weighted by atomic mass is 10.2. The summed E-state index contributed by atoms with van der Waals surface area (Å²) >= 11 is 6.17. The predicted molar refractivity (Wildman–Crippen MR) is 94.1 cm³/mol. The van der Waals surface area contributed by atoms with Crippen LogP contribution in [0.3, 0.4) is 0 Å². The maximum absolute atomic E-state index is 6.08. The number of thiol groups is 1. The zero-order valence-corrected chi connectivity index (χ0v) is 14.6. The minimum Gasteiger partial charge on any atom is -0.457 e. The van der Waals surface area contributed by atoms with Gasteiger partial charge in [0.25, 0.3) is 0 Å². The van der Waals surface area contributed by atoms with Gasteiger partial charge in [-0.15, -0.1) is 24.4 Å². The van der Waals surface area contributed by atoms with Crippen molar-refractivity contribution in [1.29, 1.82) is 0 Å². The molecule has 2 nitrogen and oxygen atoms in total. The summed E-state index contributed by atoms with van der Waals surface area (Å²) in [6.07, 6.45) is 2.09. The minimum atomic E-state index is 0.825. The van der Waals surface area contributed by atoms with Crippen LogP contribution in [0.4, 0.5) is 0 Å². The van der Waals surface area contributed by atoms with Crippen LogP contribution in [0.1, 0.15) is 11.1 Å². The summed E-state index contributed by atoms with van der Waals surface area (Å²) in [7, 11) is 4.10. The van der Waals surface area contributed by atoms with E-state index < -0.39 is 0 Å². The van der Waals surface area contributed by atoms with Crippen LogP contribution in [0, 0.1) is 6.92 Å². The number of ether oxygens (including phenoxy) is 1. The molecule has 0 N–H and O–H groups in total. The SMILES string of the molecule is CSc1ccc(Oc2ccc(S)cc2CN(C)C)cc1C. The standard InChI is InChI=1S/C17H21NOS2/c1-12-9-14(5-8-17(12)21-4)19-16-7-6-15(20)10-13(16)11-18(2)3/h5-10,20H,11H2,1-4H3. The normalized spacial score (nSPS) is 11.0. The largest absolute Gasteiger partial charge is 0.457 e. The number of thioether (sulfide) groups is 1. The molecule has 0 saturated carbocycles. The Kier molecular flexibility index (Phi) is 5.62. The lowest BCUT2D eigenvalue weighted by molar-refractivity contribution is 0.388. The Bertz CT molecular complexity index is 626. The van der Waals surface area contributed by atoms with Crippen molar-refractivity contribution in [3.05, 3.63) is 47.5 Å².